The van der Waals surface area contributed by atoms with E-state index < -0.39 is 11.9 Å². The van der Waals surface area contributed by atoms with E-state index in [1.807, 2.05) is 25.1 Å². The van der Waals surface area contributed by atoms with Gasteiger partial charge in [-0.3, -0.25) is 9.59 Å². The van der Waals surface area contributed by atoms with Crippen molar-refractivity contribution in [3.63, 3.8) is 0 Å². The monoisotopic (exact) mass is 490 g/mol. The van der Waals surface area contributed by atoms with Gasteiger partial charge in [0.1, 0.15) is 0 Å². The highest BCUT2D eigenvalue weighted by molar-refractivity contribution is 6.39. The molecule has 1 N–H and O–H groups in total. The third kappa shape index (κ3) is 6.45. The first-order valence-electron chi connectivity index (χ1n) is 11.0. The molecule has 0 aliphatic carbocycles. The van der Waals surface area contributed by atoms with E-state index in [2.05, 4.69) is 12.1 Å². The van der Waals surface area contributed by atoms with Crippen molar-refractivity contribution in [3.8, 4) is 0 Å². The van der Waals surface area contributed by atoms with E-state index in [9.17, 15) is 14.7 Å². The maximum absolute atomic E-state index is 12.6. The van der Waals surface area contributed by atoms with Crippen LogP contribution >= 0.6 is 23.2 Å². The normalized spacial score (nSPS) is 16.6. The van der Waals surface area contributed by atoms with Crippen LogP contribution in [0.15, 0.2) is 48.5 Å². The molecule has 1 unspecified atom stereocenters. The molecule has 0 amide bonds. The van der Waals surface area contributed by atoms with Gasteiger partial charge in [-0.15, -0.1) is 0 Å². The van der Waals surface area contributed by atoms with Crippen molar-refractivity contribution in [1.82, 2.24) is 0 Å². The average Bonchev–Trinajstić information content (AvgIpc) is 2.79. The molecule has 3 rings (SSSR count). The van der Waals surface area contributed by atoms with Crippen LogP contribution in [0.4, 0.5) is 0 Å². The molecule has 1 aliphatic rings. The second kappa shape index (κ2) is 11.8. The molecular weight excluding hydrogens is 463 g/mol. The standard InChI is InChI=1S/C26H28Cl2O5/c1-2-33-26(13-15-32-16-14-26)20-11-9-18(10-12-20)5-3-6-19(25(30)31)17-23(29)24-21(27)7-4-8-22(24)28/h3-5,7-12,19H,2,6,13-17H2,1H3,(H,30,31)/b5-3+. The number of carboxylic acids is 1. The Morgan fingerprint density at radius 2 is 1.76 bits per heavy atom. The van der Waals surface area contributed by atoms with E-state index in [4.69, 9.17) is 32.7 Å². The predicted octanol–water partition coefficient (Wildman–Crippen LogP) is 6.41. The molecule has 1 fully saturated rings. The largest absolute Gasteiger partial charge is 0.481 e. The van der Waals surface area contributed by atoms with Crippen LogP contribution in [-0.2, 0) is 19.9 Å². The van der Waals surface area contributed by atoms with Crippen molar-refractivity contribution in [3.05, 3.63) is 75.3 Å². The molecule has 2 aromatic carbocycles. The highest BCUT2D eigenvalue weighted by atomic mass is 35.5. The Morgan fingerprint density at radius 1 is 1.12 bits per heavy atom. The Hall–Kier alpha value is -2.18. The second-order valence-corrected chi connectivity index (χ2v) is 8.87. The number of Topliss-reactive ketones (excluding diaryl/α,β-unsaturated/α-hetero) is 1. The molecule has 5 nitrogen and oxygen atoms in total. The fraction of sp³-hybridized carbons (Fsp3) is 0.385. The van der Waals surface area contributed by atoms with E-state index in [1.165, 1.54) is 0 Å². The van der Waals surface area contributed by atoms with Crippen molar-refractivity contribution in [2.75, 3.05) is 19.8 Å². The first-order chi connectivity index (χ1) is 15.9. The molecule has 2 aromatic rings. The predicted molar refractivity (Wildman–Crippen MR) is 130 cm³/mol. The maximum atomic E-state index is 12.6. The molecule has 176 valence electrons. The third-order valence-corrected chi connectivity index (χ3v) is 6.54. The molecule has 0 saturated carbocycles. The van der Waals surface area contributed by atoms with Crippen LogP contribution < -0.4 is 0 Å². The minimum absolute atomic E-state index is 0.169. The summed E-state index contributed by atoms with van der Waals surface area (Å²) in [5.41, 5.74) is 1.92. The lowest BCUT2D eigenvalue weighted by molar-refractivity contribution is -0.141. The Bertz CT molecular complexity index is 968. The summed E-state index contributed by atoms with van der Waals surface area (Å²) in [7, 11) is 0. The number of halogens is 2. The molecule has 7 heteroatoms. The number of ether oxygens (including phenoxy) is 2. The topological polar surface area (TPSA) is 72.8 Å². The average molecular weight is 491 g/mol. The molecule has 0 bridgehead atoms. The lowest BCUT2D eigenvalue weighted by atomic mass is 9.85. The molecule has 1 aliphatic heterocycles. The van der Waals surface area contributed by atoms with Crippen molar-refractivity contribution in [2.45, 2.75) is 38.2 Å². The van der Waals surface area contributed by atoms with E-state index in [0.29, 0.717) is 19.8 Å². The summed E-state index contributed by atoms with van der Waals surface area (Å²) < 4.78 is 11.6. The summed E-state index contributed by atoms with van der Waals surface area (Å²) >= 11 is 12.2. The zero-order chi connectivity index (χ0) is 23.8. The van der Waals surface area contributed by atoms with Gasteiger partial charge in [-0.1, -0.05) is 65.7 Å². The molecule has 1 saturated heterocycles. The van der Waals surface area contributed by atoms with Crippen LogP contribution in [-0.4, -0.2) is 36.7 Å². The number of allylic oxidation sites excluding steroid dienone is 1. The number of benzene rings is 2. The Labute approximate surface area is 204 Å². The number of carbonyl (C=O) groups is 2. The Kier molecular flexibility index (Phi) is 9.10. The zero-order valence-electron chi connectivity index (χ0n) is 18.6. The van der Waals surface area contributed by atoms with Crippen LogP contribution in [0.25, 0.3) is 6.08 Å². The van der Waals surface area contributed by atoms with Crippen LogP contribution in [0.1, 0.15) is 54.1 Å². The molecule has 1 heterocycles. The molecule has 33 heavy (non-hydrogen) atoms. The quantitative estimate of drug-likeness (QED) is 0.389. The first kappa shape index (κ1) is 25.4. The van der Waals surface area contributed by atoms with E-state index in [1.54, 1.807) is 24.3 Å². The molecular formula is C26H28Cl2O5. The number of hydrogen-bond donors (Lipinski definition) is 1. The smallest absolute Gasteiger partial charge is 0.307 e. The summed E-state index contributed by atoms with van der Waals surface area (Å²) in [6.07, 6.45) is 5.32. The van der Waals surface area contributed by atoms with Crippen molar-refractivity contribution in [1.29, 1.82) is 0 Å². The minimum atomic E-state index is -1.04. The van der Waals surface area contributed by atoms with Gasteiger partial charge in [-0.25, -0.2) is 0 Å². The SMILES string of the molecule is CCOC1(c2ccc(/C=C/CC(CC(=O)c3c(Cl)cccc3Cl)C(=O)O)cc2)CCOCC1. The zero-order valence-corrected chi connectivity index (χ0v) is 20.1. The van der Waals surface area contributed by atoms with Crippen LogP contribution in [0.5, 0.6) is 0 Å². The van der Waals surface area contributed by atoms with Gasteiger partial charge >= 0.3 is 5.97 Å². The second-order valence-electron chi connectivity index (χ2n) is 8.06. The van der Waals surface area contributed by atoms with Crippen molar-refractivity contribution >= 4 is 41.0 Å². The van der Waals surface area contributed by atoms with Crippen LogP contribution in [0.2, 0.25) is 10.0 Å². The number of carbonyl (C=O) groups excluding carboxylic acids is 1. The van der Waals surface area contributed by atoms with Crippen molar-refractivity contribution in [2.24, 2.45) is 5.92 Å². The minimum Gasteiger partial charge on any atom is -0.481 e. The third-order valence-electron chi connectivity index (χ3n) is 5.91. The highest BCUT2D eigenvalue weighted by Gasteiger charge is 2.35. The lowest BCUT2D eigenvalue weighted by Gasteiger charge is -2.37. The molecule has 1 atom stereocenters. The first-order valence-corrected chi connectivity index (χ1v) is 11.8. The lowest BCUT2D eigenvalue weighted by Crippen LogP contribution is -2.36. The number of rotatable bonds is 10. The van der Waals surface area contributed by atoms with Gasteiger partial charge in [0.15, 0.2) is 5.78 Å². The van der Waals surface area contributed by atoms with E-state index >= 15 is 0 Å². The summed E-state index contributed by atoms with van der Waals surface area (Å²) in [6.45, 7) is 3.99. The van der Waals surface area contributed by atoms with Gasteiger partial charge in [0.05, 0.1) is 27.1 Å². The van der Waals surface area contributed by atoms with Crippen molar-refractivity contribution < 1.29 is 24.2 Å². The van der Waals surface area contributed by atoms with Gasteiger partial charge in [-0.05, 0) is 36.6 Å². The summed E-state index contributed by atoms with van der Waals surface area (Å²) in [5.74, 6) is -2.29. The maximum Gasteiger partial charge on any atom is 0.307 e. The number of ketones is 1. The number of aliphatic carboxylic acids is 1. The fourth-order valence-corrected chi connectivity index (χ4v) is 4.73. The Morgan fingerprint density at radius 3 is 2.33 bits per heavy atom. The summed E-state index contributed by atoms with van der Waals surface area (Å²) in [5, 5.41) is 10.0. The van der Waals surface area contributed by atoms with Crippen LogP contribution in [0, 0.1) is 5.92 Å². The van der Waals surface area contributed by atoms with Gasteiger partial charge in [0, 0.05) is 39.1 Å². The van der Waals surface area contributed by atoms with Crippen LogP contribution in [0.3, 0.4) is 0 Å². The summed E-state index contributed by atoms with van der Waals surface area (Å²) in [4.78, 5) is 24.3. The molecule has 0 spiro atoms. The summed E-state index contributed by atoms with van der Waals surface area (Å²) in [6, 6.07) is 12.9. The van der Waals surface area contributed by atoms with Gasteiger partial charge in [0.25, 0.3) is 0 Å². The van der Waals surface area contributed by atoms with Gasteiger partial charge < -0.3 is 14.6 Å². The molecule has 0 aromatic heterocycles. The number of carboxylic acid groups (broad SMARTS) is 1. The van der Waals surface area contributed by atoms with Gasteiger partial charge in [-0.2, -0.15) is 0 Å². The number of hydrogen-bond acceptors (Lipinski definition) is 4. The highest BCUT2D eigenvalue weighted by Crippen LogP contribution is 2.36. The fourth-order valence-electron chi connectivity index (χ4n) is 4.12. The van der Waals surface area contributed by atoms with Gasteiger partial charge in [0.2, 0.25) is 0 Å². The molecule has 0 radical (unpaired) electrons. The van der Waals surface area contributed by atoms with E-state index in [-0.39, 0.29) is 39.8 Å². The van der Waals surface area contributed by atoms with E-state index in [0.717, 1.165) is 24.0 Å². The Balaban J connectivity index is 1.66.